The van der Waals surface area contributed by atoms with Gasteiger partial charge in [0.1, 0.15) is 11.6 Å². The zero-order valence-electron chi connectivity index (χ0n) is 17.5. The molecule has 0 saturated heterocycles. The van der Waals surface area contributed by atoms with Gasteiger partial charge in [-0.3, -0.25) is 0 Å². The molecule has 2 rings (SSSR count). The maximum Gasteiger partial charge on any atom is 0.418 e. The SMILES string of the molecule is C=S(=O)(NC(=O)OCC)c1ccc(Nc2ncc(Br)c(N[C@H](C)C(C)(C)O)n2)cc1F. The molecule has 0 saturated carbocycles. The molecule has 2 aromatic rings. The number of nitrogens with one attached hydrogen (secondary N) is 3. The number of hydrogen-bond donors (Lipinski definition) is 4. The smallest absolute Gasteiger partial charge is 0.418 e. The number of amides is 1. The quantitative estimate of drug-likeness (QED) is 0.392. The van der Waals surface area contributed by atoms with Crippen molar-refractivity contribution >= 4 is 55.1 Å². The monoisotopic (exact) mass is 517 g/mol. The second-order valence-electron chi connectivity index (χ2n) is 7.18. The zero-order chi connectivity index (χ0) is 23.4. The number of carbonyl (C=O) groups excluding carboxylic acids is 1. The van der Waals surface area contributed by atoms with Gasteiger partial charge in [-0.2, -0.15) is 4.98 Å². The predicted octanol–water partition coefficient (Wildman–Crippen LogP) is 3.43. The third-order valence-electron chi connectivity index (χ3n) is 4.22. The minimum atomic E-state index is -3.44. The third-order valence-corrected chi connectivity index (χ3v) is 6.34. The molecule has 31 heavy (non-hydrogen) atoms. The maximum atomic E-state index is 14.6. The molecular formula is C19H25BrFN5O4S. The average molecular weight is 518 g/mol. The second kappa shape index (κ2) is 9.79. The minimum Gasteiger partial charge on any atom is -0.449 e. The molecule has 9 nitrogen and oxygen atoms in total. The van der Waals surface area contributed by atoms with Crippen molar-refractivity contribution in [2.24, 2.45) is 0 Å². The first-order chi connectivity index (χ1) is 14.3. The lowest BCUT2D eigenvalue weighted by Crippen LogP contribution is -2.39. The Bertz CT molecular complexity index is 1060. The van der Waals surface area contributed by atoms with Gasteiger partial charge in [0.05, 0.1) is 37.3 Å². The van der Waals surface area contributed by atoms with E-state index in [1.54, 1.807) is 27.7 Å². The summed E-state index contributed by atoms with van der Waals surface area (Å²) in [6.07, 6.45) is 0.554. The first-order valence-electron chi connectivity index (χ1n) is 9.23. The number of ether oxygens (including phenoxy) is 1. The van der Waals surface area contributed by atoms with E-state index in [0.717, 1.165) is 6.07 Å². The fraction of sp³-hybridized carbons (Fsp3) is 0.368. The van der Waals surface area contributed by atoms with E-state index in [0.29, 0.717) is 10.3 Å². The summed E-state index contributed by atoms with van der Waals surface area (Å²) in [6, 6.07) is 3.47. The molecule has 0 aliphatic rings. The minimum absolute atomic E-state index is 0.0747. The number of rotatable bonds is 8. The normalized spacial score (nSPS) is 14.3. The Morgan fingerprint density at radius 1 is 1.45 bits per heavy atom. The molecule has 0 radical (unpaired) electrons. The summed E-state index contributed by atoms with van der Waals surface area (Å²) in [5, 5.41) is 16.0. The summed E-state index contributed by atoms with van der Waals surface area (Å²) in [4.78, 5) is 19.7. The molecule has 0 fully saturated rings. The van der Waals surface area contributed by atoms with Crippen molar-refractivity contribution in [2.75, 3.05) is 17.2 Å². The van der Waals surface area contributed by atoms with Crippen molar-refractivity contribution in [1.82, 2.24) is 14.7 Å². The number of aromatic nitrogens is 2. The number of carbonyl (C=O) groups is 1. The standard InChI is InChI=1S/C19H25BrFN5O4S/c1-6-30-18(27)26-31(5,29)15-8-7-12(9-14(15)21)24-17-22-10-13(20)16(25-17)23-11(2)19(3,4)28/h7-11,28H,5-6H2,1-4H3,(H,26,27,29)(H2,22,23,24,25)/t11-,31?/m1/s1. The molecule has 1 aromatic heterocycles. The van der Waals surface area contributed by atoms with Gasteiger partial charge in [0.25, 0.3) is 0 Å². The highest BCUT2D eigenvalue weighted by Gasteiger charge is 2.23. The van der Waals surface area contributed by atoms with E-state index in [2.05, 4.69) is 51.9 Å². The van der Waals surface area contributed by atoms with Crippen LogP contribution in [0.15, 0.2) is 33.8 Å². The lowest BCUT2D eigenvalue weighted by atomic mass is 10.0. The number of aliphatic hydroxyl groups is 1. The molecule has 1 amide bonds. The number of halogens is 2. The first-order valence-corrected chi connectivity index (χ1v) is 11.7. The predicted molar refractivity (Wildman–Crippen MR) is 122 cm³/mol. The van der Waals surface area contributed by atoms with Crippen LogP contribution in [0.2, 0.25) is 0 Å². The van der Waals surface area contributed by atoms with E-state index >= 15 is 0 Å². The van der Waals surface area contributed by atoms with Crippen LogP contribution < -0.4 is 15.4 Å². The van der Waals surface area contributed by atoms with Gasteiger partial charge in [-0.05, 0) is 67.7 Å². The van der Waals surface area contributed by atoms with Crippen molar-refractivity contribution in [3.63, 3.8) is 0 Å². The van der Waals surface area contributed by atoms with Crippen LogP contribution >= 0.6 is 15.9 Å². The van der Waals surface area contributed by atoms with E-state index in [9.17, 15) is 18.5 Å². The molecule has 0 spiro atoms. The number of hydrogen-bond acceptors (Lipinski definition) is 8. The van der Waals surface area contributed by atoms with Crippen molar-refractivity contribution in [3.05, 3.63) is 34.7 Å². The zero-order valence-corrected chi connectivity index (χ0v) is 19.9. The van der Waals surface area contributed by atoms with Gasteiger partial charge in [0.2, 0.25) is 5.95 Å². The van der Waals surface area contributed by atoms with Gasteiger partial charge in [-0.1, -0.05) is 0 Å². The van der Waals surface area contributed by atoms with E-state index in [4.69, 9.17) is 0 Å². The van der Waals surface area contributed by atoms with Crippen molar-refractivity contribution < 1.29 is 23.2 Å². The Labute approximate surface area is 189 Å². The van der Waals surface area contributed by atoms with Gasteiger partial charge in [0.15, 0.2) is 0 Å². The molecular weight excluding hydrogens is 493 g/mol. The molecule has 1 aromatic carbocycles. The molecule has 4 N–H and O–H groups in total. The second-order valence-corrected chi connectivity index (χ2v) is 10.0. The first kappa shape index (κ1) is 24.8. The fourth-order valence-corrected chi connectivity index (χ4v) is 3.64. The van der Waals surface area contributed by atoms with Gasteiger partial charge in [-0.15, -0.1) is 0 Å². The summed E-state index contributed by atoms with van der Waals surface area (Å²) in [6.45, 7) is 6.80. The van der Waals surface area contributed by atoms with Crippen molar-refractivity contribution in [2.45, 2.75) is 44.2 Å². The highest BCUT2D eigenvalue weighted by molar-refractivity contribution is 9.10. The van der Waals surface area contributed by atoms with Gasteiger partial charge < -0.3 is 20.5 Å². The van der Waals surface area contributed by atoms with E-state index < -0.39 is 27.2 Å². The number of benzene rings is 1. The van der Waals surface area contributed by atoms with Gasteiger partial charge in [-0.25, -0.2) is 23.1 Å². The van der Waals surface area contributed by atoms with Crippen LogP contribution in [0.3, 0.4) is 0 Å². The van der Waals surface area contributed by atoms with E-state index in [1.165, 1.54) is 18.3 Å². The van der Waals surface area contributed by atoms with Crippen LogP contribution in [0.1, 0.15) is 27.7 Å². The fourth-order valence-electron chi connectivity index (χ4n) is 2.24. The Morgan fingerprint density at radius 3 is 2.71 bits per heavy atom. The van der Waals surface area contributed by atoms with Crippen LogP contribution in [-0.4, -0.2) is 49.5 Å². The summed E-state index contributed by atoms with van der Waals surface area (Å²) in [5.41, 5.74) is -0.702. The lowest BCUT2D eigenvalue weighted by Gasteiger charge is -2.27. The largest absolute Gasteiger partial charge is 0.449 e. The molecule has 170 valence electrons. The topological polar surface area (TPSA) is 125 Å². The highest BCUT2D eigenvalue weighted by Crippen LogP contribution is 2.25. The van der Waals surface area contributed by atoms with E-state index in [1.807, 2.05) is 0 Å². The van der Waals surface area contributed by atoms with Crippen LogP contribution in [0.4, 0.5) is 26.6 Å². The molecule has 0 bridgehead atoms. The Hall–Kier alpha value is -2.44. The summed E-state index contributed by atoms with van der Waals surface area (Å²) < 4.78 is 34.5. The lowest BCUT2D eigenvalue weighted by molar-refractivity contribution is 0.0647. The molecule has 2 atom stereocenters. The third kappa shape index (κ3) is 6.77. The molecule has 12 heteroatoms. The van der Waals surface area contributed by atoms with Gasteiger partial charge in [0, 0.05) is 11.9 Å². The molecule has 0 aliphatic carbocycles. The van der Waals surface area contributed by atoms with Crippen LogP contribution in [0, 0.1) is 5.82 Å². The van der Waals surface area contributed by atoms with Crippen molar-refractivity contribution in [1.29, 1.82) is 0 Å². The molecule has 0 aliphatic heterocycles. The van der Waals surface area contributed by atoms with Crippen molar-refractivity contribution in [3.8, 4) is 0 Å². The van der Waals surface area contributed by atoms with Crippen LogP contribution in [-0.2, 0) is 14.4 Å². The van der Waals surface area contributed by atoms with E-state index in [-0.39, 0.29) is 29.2 Å². The average Bonchev–Trinajstić information content (AvgIpc) is 2.63. The Balaban J connectivity index is 2.22. The summed E-state index contributed by atoms with van der Waals surface area (Å²) in [5.74, 6) is 3.16. The highest BCUT2D eigenvalue weighted by atomic mass is 79.9. The Kier molecular flexibility index (Phi) is 7.84. The molecule has 1 heterocycles. The summed E-state index contributed by atoms with van der Waals surface area (Å²) in [7, 11) is -3.44. The maximum absolute atomic E-state index is 14.6. The summed E-state index contributed by atoms with van der Waals surface area (Å²) >= 11 is 3.34. The molecule has 1 unspecified atom stereocenters. The van der Waals surface area contributed by atoms with Gasteiger partial charge >= 0.3 is 6.09 Å². The van der Waals surface area contributed by atoms with Crippen LogP contribution in [0.25, 0.3) is 0 Å². The number of nitrogens with zero attached hydrogens (tertiary/aromatic N) is 2. The van der Waals surface area contributed by atoms with Crippen LogP contribution in [0.5, 0.6) is 0 Å². The number of anilines is 3. The Morgan fingerprint density at radius 2 is 2.13 bits per heavy atom.